The number of thioether (sulfide) groups is 1. The minimum atomic E-state index is -0.464. The maximum Gasteiger partial charge on any atom is 0.296 e. The molecule has 11 nitrogen and oxygen atoms in total. The quantitative estimate of drug-likeness (QED) is 0.258. The summed E-state index contributed by atoms with van der Waals surface area (Å²) in [5.74, 6) is 0.0264. The minimum absolute atomic E-state index is 0.0827. The molecular weight excluding hydrogens is 587 g/mol. The molecule has 4 aromatic rings. The zero-order valence-electron chi connectivity index (χ0n) is 24.1. The molecule has 0 spiro atoms. The van der Waals surface area contributed by atoms with Crippen LogP contribution in [0.5, 0.6) is 0 Å². The number of benzene rings is 1. The Hall–Kier alpha value is -4.04. The van der Waals surface area contributed by atoms with E-state index in [1.54, 1.807) is 37.0 Å². The van der Waals surface area contributed by atoms with E-state index in [1.807, 2.05) is 48.2 Å². The van der Waals surface area contributed by atoms with Crippen molar-refractivity contribution in [2.24, 2.45) is 7.05 Å². The third-order valence-electron chi connectivity index (χ3n) is 7.89. The second-order valence-electron chi connectivity index (χ2n) is 10.6. The molecule has 1 N–H and O–H groups in total. The highest BCUT2D eigenvalue weighted by molar-refractivity contribution is 8.27. The number of β-amino-alcohol motifs (C(OH)–C–C–N with tert-alkyl or cyclic N) is 1. The molecule has 1 amide bonds. The van der Waals surface area contributed by atoms with Gasteiger partial charge in [0.05, 0.1) is 28.5 Å². The van der Waals surface area contributed by atoms with Crippen LogP contribution < -0.4 is 20.9 Å². The van der Waals surface area contributed by atoms with Gasteiger partial charge < -0.3 is 10.0 Å². The number of aromatic nitrogens is 4. The van der Waals surface area contributed by atoms with Crippen LogP contribution in [0.2, 0.25) is 0 Å². The highest BCUT2D eigenvalue weighted by Gasteiger charge is 2.38. The summed E-state index contributed by atoms with van der Waals surface area (Å²) < 4.78 is 4.91. The van der Waals surface area contributed by atoms with E-state index in [4.69, 9.17) is 17.2 Å². The molecule has 0 saturated carbocycles. The molecule has 0 atom stereocenters. The first-order valence-corrected chi connectivity index (χ1v) is 15.1. The van der Waals surface area contributed by atoms with E-state index < -0.39 is 5.91 Å². The number of aliphatic hydroxyl groups excluding tert-OH is 1. The lowest BCUT2D eigenvalue weighted by molar-refractivity contribution is -0.113. The van der Waals surface area contributed by atoms with Gasteiger partial charge in [-0.2, -0.15) is 0 Å². The zero-order valence-corrected chi connectivity index (χ0v) is 25.7. The molecule has 2 aliphatic heterocycles. The number of anilines is 2. The number of thiocarbonyl (C=S) groups is 1. The van der Waals surface area contributed by atoms with Crippen LogP contribution in [0.1, 0.15) is 16.8 Å². The van der Waals surface area contributed by atoms with Crippen LogP contribution in [-0.4, -0.2) is 78.3 Å². The Morgan fingerprint density at radius 1 is 1.00 bits per heavy atom. The number of aliphatic hydroxyl groups is 1. The monoisotopic (exact) mass is 617 g/mol. The van der Waals surface area contributed by atoms with Gasteiger partial charge in [0.1, 0.15) is 17.2 Å². The Kier molecular flexibility index (Phi) is 7.81. The molecule has 5 heterocycles. The summed E-state index contributed by atoms with van der Waals surface area (Å²) in [5, 5.41) is 9.35. The normalized spacial score (nSPS) is 17.2. The van der Waals surface area contributed by atoms with E-state index in [0.29, 0.717) is 55.6 Å². The van der Waals surface area contributed by atoms with Crippen molar-refractivity contribution in [2.75, 3.05) is 49.1 Å². The number of nitrogens with zero attached hydrogens (tertiary/aromatic N) is 7. The van der Waals surface area contributed by atoms with Crippen LogP contribution in [0.3, 0.4) is 0 Å². The summed E-state index contributed by atoms with van der Waals surface area (Å²) in [6.07, 6.45) is 3.29. The average Bonchev–Trinajstić information content (AvgIpc) is 3.39. The third-order valence-corrected chi connectivity index (χ3v) is 9.19. The van der Waals surface area contributed by atoms with Crippen LogP contribution in [-0.2, 0) is 11.8 Å². The van der Waals surface area contributed by atoms with Crippen molar-refractivity contribution in [2.45, 2.75) is 13.8 Å². The van der Waals surface area contributed by atoms with Crippen LogP contribution in [0.4, 0.5) is 11.5 Å². The average molecular weight is 618 g/mol. The molecule has 0 unspecified atom stereocenters. The predicted octanol–water partition coefficient (Wildman–Crippen LogP) is 2.32. The SMILES string of the molecule is Cc1ccc2nc(N3CCN(CCO)CC3)c(/C=C3/SC(=S)N(c4c(C)n(C)n(-c5ccccc5)c4=O)C3=O)c(=O)n2c1. The fraction of sp³-hybridized carbons (Fsp3) is 0.300. The first-order valence-electron chi connectivity index (χ1n) is 13.9. The Morgan fingerprint density at radius 3 is 2.42 bits per heavy atom. The van der Waals surface area contributed by atoms with Crippen molar-refractivity contribution in [1.29, 1.82) is 0 Å². The maximum atomic E-state index is 13.9. The number of fused-ring (bicyclic) bond motifs is 1. The molecule has 1 aromatic carbocycles. The molecule has 0 bridgehead atoms. The molecule has 6 rings (SSSR count). The van der Waals surface area contributed by atoms with Gasteiger partial charge in [-0.1, -0.05) is 48.2 Å². The van der Waals surface area contributed by atoms with Crippen molar-refractivity contribution in [3.63, 3.8) is 0 Å². The lowest BCUT2D eigenvalue weighted by Crippen LogP contribution is -2.48. The molecular formula is C30H31N7O4S2. The number of rotatable bonds is 6. The van der Waals surface area contributed by atoms with Crippen molar-refractivity contribution in [1.82, 2.24) is 23.6 Å². The maximum absolute atomic E-state index is 13.9. The molecule has 0 radical (unpaired) electrons. The molecule has 43 heavy (non-hydrogen) atoms. The van der Waals surface area contributed by atoms with Crippen LogP contribution in [0, 0.1) is 13.8 Å². The van der Waals surface area contributed by atoms with Gasteiger partial charge in [-0.05, 0) is 43.7 Å². The van der Waals surface area contributed by atoms with Crippen LogP contribution in [0.25, 0.3) is 17.4 Å². The second-order valence-corrected chi connectivity index (χ2v) is 12.2. The van der Waals surface area contributed by atoms with Crippen molar-refractivity contribution >= 4 is 57.4 Å². The molecule has 0 aliphatic carbocycles. The lowest BCUT2D eigenvalue weighted by atomic mass is 10.2. The van der Waals surface area contributed by atoms with Gasteiger partial charge in [0.2, 0.25) is 0 Å². The summed E-state index contributed by atoms with van der Waals surface area (Å²) in [6, 6.07) is 12.9. The first-order chi connectivity index (χ1) is 20.7. The Labute approximate surface area is 257 Å². The van der Waals surface area contributed by atoms with Gasteiger partial charge in [-0.25, -0.2) is 9.67 Å². The lowest BCUT2D eigenvalue weighted by Gasteiger charge is -2.35. The molecule has 2 aliphatic rings. The number of hydrogen-bond acceptors (Lipinski definition) is 9. The second kappa shape index (κ2) is 11.6. The number of aryl methyl sites for hydroxylation is 1. The van der Waals surface area contributed by atoms with Gasteiger partial charge in [-0.15, -0.1) is 0 Å². The third kappa shape index (κ3) is 5.12. The Bertz CT molecular complexity index is 1900. The number of piperazine rings is 1. The van der Waals surface area contributed by atoms with Crippen LogP contribution in [0.15, 0.2) is 63.2 Å². The summed E-state index contributed by atoms with van der Waals surface area (Å²) >= 11 is 6.70. The Balaban J connectivity index is 1.44. The largest absolute Gasteiger partial charge is 0.395 e. The number of pyridine rings is 1. The molecule has 2 saturated heterocycles. The van der Waals surface area contributed by atoms with Gasteiger partial charge in [0.15, 0.2) is 4.32 Å². The number of carbonyl (C=O) groups is 1. The van der Waals surface area contributed by atoms with E-state index in [-0.39, 0.29) is 38.2 Å². The van der Waals surface area contributed by atoms with Crippen molar-refractivity contribution in [3.8, 4) is 5.69 Å². The van der Waals surface area contributed by atoms with E-state index >= 15 is 0 Å². The van der Waals surface area contributed by atoms with E-state index in [1.165, 1.54) is 14.0 Å². The van der Waals surface area contributed by atoms with Crippen molar-refractivity contribution < 1.29 is 9.90 Å². The van der Waals surface area contributed by atoms with E-state index in [9.17, 15) is 19.5 Å². The molecule has 2 fully saturated rings. The summed E-state index contributed by atoms with van der Waals surface area (Å²) in [5.41, 5.74) is 2.45. The highest BCUT2D eigenvalue weighted by atomic mass is 32.2. The van der Waals surface area contributed by atoms with Gasteiger partial charge in [-0.3, -0.25) is 33.3 Å². The van der Waals surface area contributed by atoms with Crippen molar-refractivity contribution in [3.05, 3.63) is 91.1 Å². The zero-order chi connectivity index (χ0) is 30.4. The summed E-state index contributed by atoms with van der Waals surface area (Å²) in [4.78, 5) is 52.1. The number of carbonyl (C=O) groups excluding carboxylic acids is 1. The van der Waals surface area contributed by atoms with E-state index in [2.05, 4.69) is 4.90 Å². The fourth-order valence-electron chi connectivity index (χ4n) is 5.54. The number of para-hydroxylation sites is 1. The van der Waals surface area contributed by atoms with Gasteiger partial charge in [0.25, 0.3) is 17.0 Å². The minimum Gasteiger partial charge on any atom is -0.395 e. The van der Waals surface area contributed by atoms with Crippen LogP contribution >= 0.6 is 24.0 Å². The Morgan fingerprint density at radius 2 is 1.72 bits per heavy atom. The molecule has 3 aromatic heterocycles. The van der Waals surface area contributed by atoms with E-state index in [0.717, 1.165) is 17.3 Å². The van der Waals surface area contributed by atoms with Gasteiger partial charge >= 0.3 is 0 Å². The number of amides is 1. The highest BCUT2D eigenvalue weighted by Crippen LogP contribution is 2.37. The fourth-order valence-corrected chi connectivity index (χ4v) is 6.79. The summed E-state index contributed by atoms with van der Waals surface area (Å²) in [6.45, 7) is 6.97. The number of hydrogen-bond donors (Lipinski definition) is 1. The molecule has 13 heteroatoms. The standard InChI is InChI=1S/C30H31N7O4S2/c1-19-9-10-24-31-26(34-13-11-33(12-14-34)15-16-38)22(27(39)35(24)18-19)17-23-28(40)36(30(42)43-23)25-20(2)32(3)37(29(25)41)21-7-5-4-6-8-21/h4-10,17-18,38H,11-16H2,1-3H3/b23-17+. The topological polar surface area (TPSA) is 108 Å². The predicted molar refractivity (Wildman–Crippen MR) is 173 cm³/mol. The molecule has 222 valence electrons. The smallest absolute Gasteiger partial charge is 0.296 e. The first kappa shape index (κ1) is 29.1. The van der Waals surface area contributed by atoms with Gasteiger partial charge in [0, 0.05) is 46.0 Å². The summed E-state index contributed by atoms with van der Waals surface area (Å²) in [7, 11) is 1.76.